The minimum absolute atomic E-state index is 0.00793. The van der Waals surface area contributed by atoms with Gasteiger partial charge < -0.3 is 10.1 Å². The normalized spacial score (nSPS) is 12.0. The SMILES string of the molecule is CC(C)C(=O)Cc1cc(C(=O)NCc2ccc(OCC(F)(F)C(F)(F)F)nc2)ccn1. The lowest BCUT2D eigenvalue weighted by molar-refractivity contribution is -0.290. The van der Waals surface area contributed by atoms with Crippen LogP contribution in [0.15, 0.2) is 36.7 Å². The third kappa shape index (κ3) is 6.97. The predicted molar refractivity (Wildman–Crippen MR) is 99.7 cm³/mol. The number of carbonyl (C=O) groups is 2. The van der Waals surface area contributed by atoms with Gasteiger partial charge in [-0.25, -0.2) is 4.98 Å². The van der Waals surface area contributed by atoms with Crippen LogP contribution < -0.4 is 10.1 Å². The van der Waals surface area contributed by atoms with Gasteiger partial charge in [-0.15, -0.1) is 0 Å². The first-order chi connectivity index (χ1) is 14.4. The molecule has 31 heavy (non-hydrogen) atoms. The van der Waals surface area contributed by atoms with Crippen LogP contribution in [0.25, 0.3) is 0 Å². The molecule has 0 saturated heterocycles. The number of hydrogen-bond acceptors (Lipinski definition) is 5. The Hall–Kier alpha value is -3.11. The molecule has 0 saturated carbocycles. The smallest absolute Gasteiger partial charge is 0.456 e. The van der Waals surface area contributed by atoms with Gasteiger partial charge in [-0.1, -0.05) is 19.9 Å². The molecule has 6 nitrogen and oxygen atoms in total. The van der Waals surface area contributed by atoms with Crippen molar-refractivity contribution in [3.63, 3.8) is 0 Å². The number of ether oxygens (including phenoxy) is 1. The molecular formula is C20H20F5N3O3. The third-order valence-corrected chi connectivity index (χ3v) is 4.14. The summed E-state index contributed by atoms with van der Waals surface area (Å²) in [5.41, 5.74) is 1.22. The summed E-state index contributed by atoms with van der Waals surface area (Å²) in [5.74, 6) is -6.01. The second-order valence-electron chi connectivity index (χ2n) is 7.01. The Morgan fingerprint density at radius 2 is 1.81 bits per heavy atom. The van der Waals surface area contributed by atoms with E-state index in [0.717, 1.165) is 6.07 Å². The van der Waals surface area contributed by atoms with Crippen molar-refractivity contribution in [2.45, 2.75) is 38.9 Å². The molecule has 0 aliphatic heterocycles. The van der Waals surface area contributed by atoms with Crippen LogP contribution in [0.3, 0.4) is 0 Å². The van der Waals surface area contributed by atoms with E-state index < -0.39 is 30.5 Å². The molecule has 0 atom stereocenters. The van der Waals surface area contributed by atoms with Crippen molar-refractivity contribution in [3.8, 4) is 5.88 Å². The summed E-state index contributed by atoms with van der Waals surface area (Å²) >= 11 is 0. The van der Waals surface area contributed by atoms with Crippen LogP contribution in [-0.4, -0.2) is 40.4 Å². The number of nitrogens with zero attached hydrogens (tertiary/aromatic N) is 2. The van der Waals surface area contributed by atoms with Crippen LogP contribution in [0.4, 0.5) is 22.0 Å². The molecule has 1 N–H and O–H groups in total. The average molecular weight is 445 g/mol. The van der Waals surface area contributed by atoms with Crippen molar-refractivity contribution < 1.29 is 36.3 Å². The zero-order valence-corrected chi connectivity index (χ0v) is 16.7. The monoisotopic (exact) mass is 445 g/mol. The Labute approximate surface area is 174 Å². The molecule has 1 amide bonds. The molecule has 0 unspecified atom stereocenters. The number of amides is 1. The quantitative estimate of drug-likeness (QED) is 0.595. The maximum atomic E-state index is 12.9. The number of pyridine rings is 2. The van der Waals surface area contributed by atoms with Crippen molar-refractivity contribution >= 4 is 11.7 Å². The molecule has 2 aromatic heterocycles. The molecule has 168 valence electrons. The minimum atomic E-state index is -5.72. The summed E-state index contributed by atoms with van der Waals surface area (Å²) < 4.78 is 66.5. The van der Waals surface area contributed by atoms with E-state index in [0.29, 0.717) is 16.8 Å². The molecule has 0 spiro atoms. The Morgan fingerprint density at radius 3 is 2.39 bits per heavy atom. The first-order valence-corrected chi connectivity index (χ1v) is 9.17. The number of ketones is 1. The van der Waals surface area contributed by atoms with Crippen molar-refractivity contribution in [3.05, 3.63) is 53.5 Å². The fourth-order valence-electron chi connectivity index (χ4n) is 2.23. The average Bonchev–Trinajstić information content (AvgIpc) is 2.70. The number of halogens is 5. The van der Waals surface area contributed by atoms with Gasteiger partial charge in [-0.05, 0) is 17.7 Å². The highest BCUT2D eigenvalue weighted by atomic mass is 19.4. The van der Waals surface area contributed by atoms with E-state index in [1.165, 1.54) is 30.6 Å². The molecule has 0 aliphatic carbocycles. The largest absolute Gasteiger partial charge is 0.471 e. The van der Waals surface area contributed by atoms with Crippen LogP contribution in [0.1, 0.15) is 35.5 Å². The van der Waals surface area contributed by atoms with E-state index in [1.54, 1.807) is 13.8 Å². The fourth-order valence-corrected chi connectivity index (χ4v) is 2.23. The van der Waals surface area contributed by atoms with Crippen molar-refractivity contribution in [1.82, 2.24) is 15.3 Å². The van der Waals surface area contributed by atoms with E-state index in [9.17, 15) is 31.5 Å². The molecule has 0 bridgehead atoms. The lowest BCUT2D eigenvalue weighted by atomic mass is 10.0. The number of rotatable bonds is 9. The summed E-state index contributed by atoms with van der Waals surface area (Å²) in [6.07, 6.45) is -3.01. The van der Waals surface area contributed by atoms with E-state index in [4.69, 9.17) is 0 Å². The Balaban J connectivity index is 1.91. The lowest BCUT2D eigenvalue weighted by Gasteiger charge is -2.19. The van der Waals surface area contributed by atoms with Gasteiger partial charge in [0, 0.05) is 48.6 Å². The Bertz CT molecular complexity index is 915. The number of carbonyl (C=O) groups excluding carboxylic acids is 2. The number of Topliss-reactive ketones (excluding diaryl/α,β-unsaturated/α-hetero) is 1. The van der Waals surface area contributed by atoms with Crippen LogP contribution in [0, 0.1) is 5.92 Å². The third-order valence-electron chi connectivity index (χ3n) is 4.14. The predicted octanol–water partition coefficient (Wildman–Crippen LogP) is 3.75. The zero-order chi connectivity index (χ0) is 23.2. The van der Waals surface area contributed by atoms with Gasteiger partial charge in [0.25, 0.3) is 5.91 Å². The van der Waals surface area contributed by atoms with Crippen LogP contribution in [-0.2, 0) is 17.8 Å². The first kappa shape index (κ1) is 24.2. The van der Waals surface area contributed by atoms with Gasteiger partial charge in [0.1, 0.15) is 5.78 Å². The maximum absolute atomic E-state index is 12.9. The Morgan fingerprint density at radius 1 is 1.10 bits per heavy atom. The second-order valence-corrected chi connectivity index (χ2v) is 7.01. The molecule has 0 aliphatic rings. The van der Waals surface area contributed by atoms with Crippen LogP contribution in [0.2, 0.25) is 0 Å². The molecule has 11 heteroatoms. The van der Waals surface area contributed by atoms with Gasteiger partial charge >= 0.3 is 12.1 Å². The fraction of sp³-hybridized carbons (Fsp3) is 0.400. The van der Waals surface area contributed by atoms with Gasteiger partial charge in [-0.3, -0.25) is 14.6 Å². The van der Waals surface area contributed by atoms with Crippen LogP contribution >= 0.6 is 0 Å². The van der Waals surface area contributed by atoms with E-state index in [-0.39, 0.29) is 24.7 Å². The second kappa shape index (κ2) is 9.80. The van der Waals surface area contributed by atoms with Gasteiger partial charge in [-0.2, -0.15) is 22.0 Å². The van der Waals surface area contributed by atoms with Gasteiger partial charge in [0.15, 0.2) is 6.61 Å². The molecule has 2 aromatic rings. The number of aromatic nitrogens is 2. The molecule has 0 aromatic carbocycles. The maximum Gasteiger partial charge on any atom is 0.456 e. The first-order valence-electron chi connectivity index (χ1n) is 9.17. The summed E-state index contributed by atoms with van der Waals surface area (Å²) in [6.45, 7) is 1.67. The van der Waals surface area contributed by atoms with Crippen molar-refractivity contribution in [2.24, 2.45) is 5.92 Å². The molecular weight excluding hydrogens is 425 g/mol. The number of hydrogen-bond donors (Lipinski definition) is 1. The molecule has 2 heterocycles. The highest BCUT2D eigenvalue weighted by molar-refractivity contribution is 5.94. The van der Waals surface area contributed by atoms with Crippen molar-refractivity contribution in [1.29, 1.82) is 0 Å². The summed E-state index contributed by atoms with van der Waals surface area (Å²) in [6, 6.07) is 5.48. The van der Waals surface area contributed by atoms with Gasteiger partial charge in [0.05, 0.1) is 0 Å². The Kier molecular flexibility index (Phi) is 7.64. The molecule has 2 rings (SSSR count). The molecule has 0 radical (unpaired) electrons. The van der Waals surface area contributed by atoms with Crippen molar-refractivity contribution in [2.75, 3.05) is 6.61 Å². The minimum Gasteiger partial charge on any atom is -0.471 e. The van der Waals surface area contributed by atoms with Crippen LogP contribution in [0.5, 0.6) is 5.88 Å². The number of alkyl halides is 5. The van der Waals surface area contributed by atoms with E-state index in [2.05, 4.69) is 20.0 Å². The van der Waals surface area contributed by atoms with E-state index in [1.807, 2.05) is 0 Å². The zero-order valence-electron chi connectivity index (χ0n) is 16.7. The topological polar surface area (TPSA) is 81.2 Å². The lowest BCUT2D eigenvalue weighted by Crippen LogP contribution is -2.41. The highest BCUT2D eigenvalue weighted by Crippen LogP contribution is 2.35. The summed E-state index contributed by atoms with van der Waals surface area (Å²) in [7, 11) is 0. The van der Waals surface area contributed by atoms with Gasteiger partial charge in [0.2, 0.25) is 5.88 Å². The summed E-state index contributed by atoms with van der Waals surface area (Å²) in [5, 5.41) is 2.61. The summed E-state index contributed by atoms with van der Waals surface area (Å²) in [4.78, 5) is 31.9. The number of nitrogens with one attached hydrogen (secondary N) is 1. The molecule has 0 fully saturated rings. The van der Waals surface area contributed by atoms with E-state index >= 15 is 0 Å². The standard InChI is InChI=1S/C20H20F5N3O3/c1-12(2)16(29)8-15-7-14(5-6-26-15)18(30)28-10-13-3-4-17(27-9-13)31-11-19(21,22)20(23,24)25/h3-7,9,12H,8,10-11H2,1-2H3,(H,28,30). The highest BCUT2D eigenvalue weighted by Gasteiger charge is 2.58.